The third-order valence-corrected chi connectivity index (χ3v) is 4.38. The molecule has 0 saturated carbocycles. The molecule has 18 heavy (non-hydrogen) atoms. The Morgan fingerprint density at radius 3 is 2.72 bits per heavy atom. The predicted molar refractivity (Wildman–Crippen MR) is 66.1 cm³/mol. The first-order chi connectivity index (χ1) is 8.65. The normalized spacial score (nSPS) is 13.7. The number of rotatable bonds is 2. The van der Waals surface area contributed by atoms with E-state index in [1.807, 2.05) is 6.07 Å². The molecule has 1 aliphatic carbocycles. The molecule has 0 saturated heterocycles. The fourth-order valence-electron chi connectivity index (χ4n) is 2.25. The summed E-state index contributed by atoms with van der Waals surface area (Å²) in [6, 6.07) is 4.90. The fourth-order valence-corrected chi connectivity index (χ4v) is 3.46. The summed E-state index contributed by atoms with van der Waals surface area (Å²) in [6.07, 6.45) is 3.12. The van der Waals surface area contributed by atoms with Gasteiger partial charge in [0.05, 0.1) is 10.4 Å². The molecule has 0 bridgehead atoms. The Bertz CT molecular complexity index is 609. The van der Waals surface area contributed by atoms with Gasteiger partial charge in [-0.15, -0.1) is 11.3 Å². The number of hydrogen-bond donors (Lipinski definition) is 0. The fraction of sp³-hybridized carbons (Fsp3) is 0.214. The lowest BCUT2D eigenvalue weighted by molar-refractivity contribution is 0.103. The standard InChI is InChI=1S/C14H10F2OS/c15-9-4-5-10(11(16)7-9)14(17)13-6-8-2-1-3-12(8)18-13/h4-7H,1-3H2. The number of fused-ring (bicyclic) bond motifs is 1. The summed E-state index contributed by atoms with van der Waals surface area (Å²) in [7, 11) is 0. The van der Waals surface area contributed by atoms with Crippen LogP contribution in [0.3, 0.4) is 0 Å². The molecule has 0 N–H and O–H groups in total. The van der Waals surface area contributed by atoms with E-state index in [9.17, 15) is 13.6 Å². The van der Waals surface area contributed by atoms with Crippen molar-refractivity contribution in [3.8, 4) is 0 Å². The quantitative estimate of drug-likeness (QED) is 0.755. The second-order valence-corrected chi connectivity index (χ2v) is 5.50. The molecule has 1 heterocycles. The van der Waals surface area contributed by atoms with Crippen molar-refractivity contribution in [3.05, 3.63) is 56.8 Å². The van der Waals surface area contributed by atoms with Gasteiger partial charge in [-0.3, -0.25) is 4.79 Å². The Morgan fingerprint density at radius 1 is 1.17 bits per heavy atom. The van der Waals surface area contributed by atoms with Crippen molar-refractivity contribution >= 4 is 17.1 Å². The van der Waals surface area contributed by atoms with E-state index in [1.54, 1.807) is 0 Å². The maximum atomic E-state index is 13.5. The van der Waals surface area contributed by atoms with Gasteiger partial charge in [-0.1, -0.05) is 0 Å². The molecule has 0 unspecified atom stereocenters. The molecule has 1 aromatic carbocycles. The first kappa shape index (κ1) is 11.5. The molecule has 92 valence electrons. The van der Waals surface area contributed by atoms with Crippen LogP contribution >= 0.6 is 11.3 Å². The van der Waals surface area contributed by atoms with Crippen molar-refractivity contribution < 1.29 is 13.6 Å². The molecular formula is C14H10F2OS. The van der Waals surface area contributed by atoms with E-state index in [0.717, 1.165) is 31.4 Å². The molecule has 1 aliphatic rings. The van der Waals surface area contributed by atoms with Crippen molar-refractivity contribution in [2.75, 3.05) is 0 Å². The zero-order chi connectivity index (χ0) is 12.7. The molecule has 0 amide bonds. The summed E-state index contributed by atoms with van der Waals surface area (Å²) in [6.45, 7) is 0. The Morgan fingerprint density at radius 2 is 2.00 bits per heavy atom. The van der Waals surface area contributed by atoms with Gasteiger partial charge in [0.15, 0.2) is 0 Å². The third kappa shape index (κ3) is 1.86. The van der Waals surface area contributed by atoms with Crippen LogP contribution in [0, 0.1) is 11.6 Å². The first-order valence-corrected chi connectivity index (χ1v) is 6.58. The highest BCUT2D eigenvalue weighted by Crippen LogP contribution is 2.32. The van der Waals surface area contributed by atoms with Gasteiger partial charge < -0.3 is 0 Å². The number of carbonyl (C=O) groups is 1. The predicted octanol–water partition coefficient (Wildman–Crippen LogP) is 3.75. The van der Waals surface area contributed by atoms with Gasteiger partial charge >= 0.3 is 0 Å². The number of carbonyl (C=O) groups excluding carboxylic acids is 1. The highest BCUT2D eigenvalue weighted by atomic mass is 32.1. The van der Waals surface area contributed by atoms with E-state index in [-0.39, 0.29) is 11.3 Å². The second-order valence-electron chi connectivity index (χ2n) is 4.37. The highest BCUT2D eigenvalue weighted by molar-refractivity contribution is 7.14. The largest absolute Gasteiger partial charge is 0.288 e. The number of benzene rings is 1. The monoisotopic (exact) mass is 264 g/mol. The average molecular weight is 264 g/mol. The van der Waals surface area contributed by atoms with E-state index in [4.69, 9.17) is 0 Å². The van der Waals surface area contributed by atoms with Crippen molar-refractivity contribution in [3.63, 3.8) is 0 Å². The van der Waals surface area contributed by atoms with Gasteiger partial charge in [0, 0.05) is 10.9 Å². The van der Waals surface area contributed by atoms with E-state index >= 15 is 0 Å². The van der Waals surface area contributed by atoms with Gasteiger partial charge in [-0.05, 0) is 43.0 Å². The molecule has 0 fully saturated rings. The van der Waals surface area contributed by atoms with Crippen LogP contribution in [0.1, 0.15) is 32.1 Å². The molecule has 0 radical (unpaired) electrons. The van der Waals surface area contributed by atoms with Crippen LogP contribution in [-0.4, -0.2) is 5.78 Å². The van der Waals surface area contributed by atoms with Crippen molar-refractivity contribution in [2.45, 2.75) is 19.3 Å². The average Bonchev–Trinajstić information content (AvgIpc) is 2.87. The van der Waals surface area contributed by atoms with E-state index in [1.165, 1.54) is 27.8 Å². The lowest BCUT2D eigenvalue weighted by Gasteiger charge is -2.00. The van der Waals surface area contributed by atoms with E-state index < -0.39 is 11.6 Å². The Balaban J connectivity index is 1.98. The molecule has 0 aliphatic heterocycles. The van der Waals surface area contributed by atoms with Gasteiger partial charge in [0.2, 0.25) is 5.78 Å². The maximum absolute atomic E-state index is 13.5. The minimum Gasteiger partial charge on any atom is -0.288 e. The van der Waals surface area contributed by atoms with Crippen LogP contribution in [-0.2, 0) is 12.8 Å². The molecule has 1 aromatic heterocycles. The summed E-state index contributed by atoms with van der Waals surface area (Å²) in [4.78, 5) is 13.9. The van der Waals surface area contributed by atoms with Crippen LogP contribution in [0.25, 0.3) is 0 Å². The zero-order valence-corrected chi connectivity index (χ0v) is 10.3. The van der Waals surface area contributed by atoms with Gasteiger partial charge in [0.25, 0.3) is 0 Å². The van der Waals surface area contributed by atoms with Crippen molar-refractivity contribution in [1.82, 2.24) is 0 Å². The van der Waals surface area contributed by atoms with Gasteiger partial charge in [-0.2, -0.15) is 0 Å². The second kappa shape index (κ2) is 4.28. The van der Waals surface area contributed by atoms with E-state index in [2.05, 4.69) is 0 Å². The molecule has 0 atom stereocenters. The number of thiophene rings is 1. The smallest absolute Gasteiger partial charge is 0.205 e. The number of ketones is 1. The minimum absolute atomic E-state index is 0.0590. The summed E-state index contributed by atoms with van der Waals surface area (Å²) in [5, 5.41) is 0. The molecule has 3 rings (SSSR count). The van der Waals surface area contributed by atoms with Crippen LogP contribution in [0.2, 0.25) is 0 Å². The summed E-state index contributed by atoms with van der Waals surface area (Å²) < 4.78 is 26.3. The van der Waals surface area contributed by atoms with Crippen LogP contribution < -0.4 is 0 Å². The number of aryl methyl sites for hydroxylation is 2. The lowest BCUT2D eigenvalue weighted by Crippen LogP contribution is -2.02. The SMILES string of the molecule is O=C(c1cc2c(s1)CCC2)c1ccc(F)cc1F. The van der Waals surface area contributed by atoms with Crippen molar-refractivity contribution in [1.29, 1.82) is 0 Å². The summed E-state index contributed by atoms with van der Waals surface area (Å²) in [5.74, 6) is -1.82. The van der Waals surface area contributed by atoms with Crippen LogP contribution in [0.5, 0.6) is 0 Å². The van der Waals surface area contributed by atoms with Crippen molar-refractivity contribution in [2.24, 2.45) is 0 Å². The Labute approximate surface area is 107 Å². The first-order valence-electron chi connectivity index (χ1n) is 5.76. The molecular weight excluding hydrogens is 254 g/mol. The number of halogens is 2. The topological polar surface area (TPSA) is 17.1 Å². The Hall–Kier alpha value is -1.55. The molecule has 2 aromatic rings. The van der Waals surface area contributed by atoms with Gasteiger partial charge in [-0.25, -0.2) is 8.78 Å². The molecule has 0 spiro atoms. The number of hydrogen-bond acceptors (Lipinski definition) is 2. The van der Waals surface area contributed by atoms with Gasteiger partial charge in [0.1, 0.15) is 11.6 Å². The third-order valence-electron chi connectivity index (χ3n) is 3.15. The zero-order valence-electron chi connectivity index (χ0n) is 9.50. The maximum Gasteiger partial charge on any atom is 0.205 e. The highest BCUT2D eigenvalue weighted by Gasteiger charge is 2.21. The summed E-state index contributed by atoms with van der Waals surface area (Å²) in [5.41, 5.74) is 1.14. The molecule has 1 nitrogen and oxygen atoms in total. The molecule has 4 heteroatoms. The Kier molecular flexibility index (Phi) is 2.74. The minimum atomic E-state index is -0.798. The van der Waals surface area contributed by atoms with E-state index in [0.29, 0.717) is 4.88 Å². The van der Waals surface area contributed by atoms with Crippen LogP contribution in [0.4, 0.5) is 8.78 Å². The summed E-state index contributed by atoms with van der Waals surface area (Å²) >= 11 is 1.43. The van der Waals surface area contributed by atoms with Crippen LogP contribution in [0.15, 0.2) is 24.3 Å². The lowest BCUT2D eigenvalue weighted by atomic mass is 10.1.